The molecule has 0 amide bonds. The number of fused-ring (bicyclic) bond motifs is 1. The number of nitrogens with zero attached hydrogens (tertiary/aromatic N) is 1. The summed E-state index contributed by atoms with van der Waals surface area (Å²) in [6.45, 7) is 0. The second-order valence-corrected chi connectivity index (χ2v) is 6.18. The Hall–Kier alpha value is -1.54. The summed E-state index contributed by atoms with van der Waals surface area (Å²) in [6, 6.07) is 6.44. The minimum absolute atomic E-state index is 0.0966. The monoisotopic (exact) mass is 434 g/mol. The lowest BCUT2D eigenvalue weighted by molar-refractivity contribution is -0.137. The van der Waals surface area contributed by atoms with E-state index in [4.69, 9.17) is 10.2 Å². The van der Waals surface area contributed by atoms with Gasteiger partial charge in [-0.3, -0.25) is 0 Å². The van der Waals surface area contributed by atoms with Gasteiger partial charge in [-0.05, 0) is 56.1 Å². The zero-order valence-corrected chi connectivity index (χ0v) is 13.9. The van der Waals surface area contributed by atoms with E-state index in [9.17, 15) is 13.2 Å². The fraction of sp³-hybridized carbons (Fsp3) is 0.0714. The summed E-state index contributed by atoms with van der Waals surface area (Å²) < 4.78 is 45.0. The molecular weight excluding hydrogens is 429 g/mol. The summed E-state index contributed by atoms with van der Waals surface area (Å²) in [5.74, 6) is 0.0966. The molecule has 8 heteroatoms. The van der Waals surface area contributed by atoms with Gasteiger partial charge in [0, 0.05) is 10.0 Å². The van der Waals surface area contributed by atoms with Crippen molar-refractivity contribution < 1.29 is 17.6 Å². The maximum atomic E-state index is 12.8. The standard InChI is InChI=1S/C14H7Br2F3N2O/c15-8-5-9-12(10(16)11(8)20)21-13(22-9)6-2-1-3-7(4-6)14(17,18)19/h1-5H,20H2. The van der Waals surface area contributed by atoms with Crippen molar-refractivity contribution in [3.05, 3.63) is 44.8 Å². The number of anilines is 1. The molecule has 3 aromatic rings. The van der Waals surface area contributed by atoms with Gasteiger partial charge in [0.05, 0.1) is 15.7 Å². The number of hydrogen-bond donors (Lipinski definition) is 1. The second-order valence-electron chi connectivity index (χ2n) is 4.53. The Morgan fingerprint density at radius 3 is 2.55 bits per heavy atom. The van der Waals surface area contributed by atoms with Crippen molar-refractivity contribution in [1.82, 2.24) is 4.98 Å². The van der Waals surface area contributed by atoms with E-state index in [-0.39, 0.29) is 11.5 Å². The van der Waals surface area contributed by atoms with Crippen LogP contribution in [-0.4, -0.2) is 4.98 Å². The van der Waals surface area contributed by atoms with E-state index >= 15 is 0 Å². The number of alkyl halides is 3. The number of nitrogen functional groups attached to an aromatic ring is 1. The van der Waals surface area contributed by atoms with Crippen LogP contribution in [0.4, 0.5) is 18.9 Å². The van der Waals surface area contributed by atoms with E-state index in [0.29, 0.717) is 25.7 Å². The van der Waals surface area contributed by atoms with E-state index in [1.54, 1.807) is 6.07 Å². The predicted molar refractivity (Wildman–Crippen MR) is 84.3 cm³/mol. The number of benzene rings is 2. The van der Waals surface area contributed by atoms with E-state index in [1.165, 1.54) is 12.1 Å². The Balaban J connectivity index is 2.17. The Labute approximate surface area is 139 Å². The van der Waals surface area contributed by atoms with Crippen LogP contribution in [0.3, 0.4) is 0 Å². The van der Waals surface area contributed by atoms with Gasteiger partial charge in [-0.2, -0.15) is 13.2 Å². The molecule has 0 unspecified atom stereocenters. The quantitative estimate of drug-likeness (QED) is 0.504. The van der Waals surface area contributed by atoms with Crippen LogP contribution < -0.4 is 5.73 Å². The first-order valence-electron chi connectivity index (χ1n) is 5.99. The van der Waals surface area contributed by atoms with Crippen molar-refractivity contribution in [3.8, 4) is 11.5 Å². The molecule has 0 aliphatic rings. The molecule has 0 aliphatic carbocycles. The minimum Gasteiger partial charge on any atom is -0.436 e. The van der Waals surface area contributed by atoms with Crippen molar-refractivity contribution >= 4 is 48.6 Å². The molecule has 2 N–H and O–H groups in total. The number of aromatic nitrogens is 1. The highest BCUT2D eigenvalue weighted by Crippen LogP contribution is 2.38. The zero-order chi connectivity index (χ0) is 16.1. The molecule has 2 aromatic carbocycles. The van der Waals surface area contributed by atoms with Crippen molar-refractivity contribution in [3.63, 3.8) is 0 Å². The van der Waals surface area contributed by atoms with Crippen molar-refractivity contribution in [2.24, 2.45) is 0 Å². The molecule has 22 heavy (non-hydrogen) atoms. The van der Waals surface area contributed by atoms with Gasteiger partial charge < -0.3 is 10.2 Å². The van der Waals surface area contributed by atoms with Gasteiger partial charge in [0.25, 0.3) is 0 Å². The fourth-order valence-corrected chi connectivity index (χ4v) is 3.13. The van der Waals surface area contributed by atoms with E-state index in [2.05, 4.69) is 36.8 Å². The molecule has 0 fully saturated rings. The molecule has 0 bridgehead atoms. The number of halogens is 5. The molecule has 3 nitrogen and oxygen atoms in total. The summed E-state index contributed by atoms with van der Waals surface area (Å²) in [5.41, 5.74) is 6.65. The Kier molecular flexibility index (Phi) is 3.68. The molecule has 0 spiro atoms. The smallest absolute Gasteiger partial charge is 0.416 e. The van der Waals surface area contributed by atoms with Crippen LogP contribution in [0.15, 0.2) is 43.7 Å². The van der Waals surface area contributed by atoms with Crippen LogP contribution in [0.25, 0.3) is 22.6 Å². The second kappa shape index (κ2) is 5.27. The van der Waals surface area contributed by atoms with Gasteiger partial charge in [-0.15, -0.1) is 0 Å². The Morgan fingerprint density at radius 2 is 1.86 bits per heavy atom. The van der Waals surface area contributed by atoms with Crippen LogP contribution in [0.2, 0.25) is 0 Å². The SMILES string of the molecule is Nc1c(Br)cc2oc(-c3cccc(C(F)(F)F)c3)nc2c1Br. The molecule has 1 aromatic heterocycles. The summed E-state index contributed by atoms with van der Waals surface area (Å²) in [5, 5.41) is 0. The van der Waals surface area contributed by atoms with Gasteiger partial charge in [0.2, 0.25) is 5.89 Å². The molecule has 0 aliphatic heterocycles. The highest BCUT2D eigenvalue weighted by Gasteiger charge is 2.30. The molecule has 3 rings (SSSR count). The normalized spacial score (nSPS) is 12.0. The summed E-state index contributed by atoms with van der Waals surface area (Å²) in [6.07, 6.45) is -4.42. The zero-order valence-electron chi connectivity index (χ0n) is 10.7. The molecule has 114 valence electrons. The van der Waals surface area contributed by atoms with Crippen molar-refractivity contribution in [1.29, 1.82) is 0 Å². The van der Waals surface area contributed by atoms with Gasteiger partial charge in [-0.1, -0.05) is 6.07 Å². The Bertz CT molecular complexity index is 874. The fourth-order valence-electron chi connectivity index (χ4n) is 1.96. The molecule has 0 radical (unpaired) electrons. The van der Waals surface area contributed by atoms with E-state index in [1.807, 2.05) is 0 Å². The summed E-state index contributed by atoms with van der Waals surface area (Å²) in [4.78, 5) is 4.23. The van der Waals surface area contributed by atoms with Crippen LogP contribution in [-0.2, 0) is 6.18 Å². The van der Waals surface area contributed by atoms with Crippen LogP contribution in [0, 0.1) is 0 Å². The van der Waals surface area contributed by atoms with Crippen LogP contribution in [0.5, 0.6) is 0 Å². The Morgan fingerprint density at radius 1 is 1.14 bits per heavy atom. The maximum absolute atomic E-state index is 12.8. The van der Waals surface area contributed by atoms with Crippen molar-refractivity contribution in [2.75, 3.05) is 5.73 Å². The highest BCUT2D eigenvalue weighted by molar-refractivity contribution is 9.11. The first-order chi connectivity index (χ1) is 10.3. The van der Waals surface area contributed by atoms with Gasteiger partial charge in [0.1, 0.15) is 5.52 Å². The number of oxazole rings is 1. The minimum atomic E-state index is -4.42. The number of rotatable bonds is 1. The lowest BCUT2D eigenvalue weighted by atomic mass is 10.1. The van der Waals surface area contributed by atoms with Gasteiger partial charge in [-0.25, -0.2) is 4.98 Å². The van der Waals surface area contributed by atoms with Gasteiger partial charge >= 0.3 is 6.18 Å². The van der Waals surface area contributed by atoms with E-state index in [0.717, 1.165) is 12.1 Å². The first-order valence-corrected chi connectivity index (χ1v) is 7.57. The third kappa shape index (κ3) is 2.61. The molecular formula is C14H7Br2F3N2O. The summed E-state index contributed by atoms with van der Waals surface area (Å²) in [7, 11) is 0. The average molecular weight is 436 g/mol. The number of nitrogens with two attached hydrogens (primary N) is 1. The lowest BCUT2D eigenvalue weighted by Gasteiger charge is -2.06. The van der Waals surface area contributed by atoms with Gasteiger partial charge in [0.15, 0.2) is 5.58 Å². The largest absolute Gasteiger partial charge is 0.436 e. The summed E-state index contributed by atoms with van der Waals surface area (Å²) >= 11 is 6.59. The first kappa shape index (κ1) is 15.4. The maximum Gasteiger partial charge on any atom is 0.416 e. The molecule has 0 saturated carbocycles. The third-order valence-corrected chi connectivity index (χ3v) is 4.51. The molecule has 0 saturated heterocycles. The predicted octanol–water partition coefficient (Wildman–Crippen LogP) is 5.62. The third-order valence-electron chi connectivity index (χ3n) is 3.05. The van der Waals surface area contributed by atoms with Crippen molar-refractivity contribution in [2.45, 2.75) is 6.18 Å². The molecule has 1 heterocycles. The van der Waals surface area contributed by atoms with Crippen LogP contribution in [0.1, 0.15) is 5.56 Å². The average Bonchev–Trinajstić information content (AvgIpc) is 2.88. The van der Waals surface area contributed by atoms with Crippen LogP contribution >= 0.6 is 31.9 Å². The van der Waals surface area contributed by atoms with E-state index < -0.39 is 11.7 Å². The highest BCUT2D eigenvalue weighted by atomic mass is 79.9. The lowest BCUT2D eigenvalue weighted by Crippen LogP contribution is -2.04. The molecule has 0 atom stereocenters. The number of hydrogen-bond acceptors (Lipinski definition) is 3. The topological polar surface area (TPSA) is 52.0 Å².